The highest BCUT2D eigenvalue weighted by atomic mass is 19.1. The van der Waals surface area contributed by atoms with Crippen LogP contribution >= 0.6 is 0 Å². The normalized spacial score (nSPS) is 20.4. The average molecular weight is 841 g/mol. The van der Waals surface area contributed by atoms with Crippen LogP contribution in [0.5, 0.6) is 0 Å². The number of halogens is 1. The molecule has 4 fully saturated rings. The summed E-state index contributed by atoms with van der Waals surface area (Å²) in [7, 11) is 2.11. The lowest BCUT2D eigenvalue weighted by atomic mass is 9.88. The number of benzene rings is 2. The van der Waals surface area contributed by atoms with Gasteiger partial charge in [-0.05, 0) is 130 Å². The van der Waals surface area contributed by atoms with E-state index in [1.54, 1.807) is 12.1 Å². The molecule has 4 N–H and O–H groups in total. The second kappa shape index (κ2) is 17.9. The van der Waals surface area contributed by atoms with Gasteiger partial charge in [-0.3, -0.25) is 29.5 Å². The molecule has 2 atom stereocenters. The number of nitrogens with zero attached hydrogens (tertiary/aromatic N) is 7. The maximum absolute atomic E-state index is 15.2. The minimum atomic E-state index is -0.550. The standard InChI is InChI=1S/C48H57FN10O3/c1-31(43-28-39-38(13-18-51-46(39)55(43)2)36-7-11-44(50)52-29-36)57-21-16-34(17-22-57)33-3-5-35(6-4-33)48(62)59-19-14-32(15-20-59)30-56-23-25-58(26-24-56)42-10-8-37(27-40(42)49)53-41-9-12-45(60)54-47(41)61/h3-8,10-11,13,18,27-29,31-32,34,41,53H,9,12,14-17,19-26,30H2,1-2H3,(H2,50,52)(H,54,60,61)/t31-,41-/m0/s1. The zero-order valence-corrected chi connectivity index (χ0v) is 35.7. The number of rotatable bonds is 10. The Hall–Kier alpha value is -5.86. The smallest absolute Gasteiger partial charge is 0.253 e. The third-order valence-electron chi connectivity index (χ3n) is 13.9. The summed E-state index contributed by atoms with van der Waals surface area (Å²) in [4.78, 5) is 55.4. The van der Waals surface area contributed by atoms with Crippen LogP contribution in [-0.2, 0) is 16.6 Å². The molecule has 5 aromatic rings. The van der Waals surface area contributed by atoms with Gasteiger partial charge in [0.05, 0.1) is 5.69 Å². The summed E-state index contributed by atoms with van der Waals surface area (Å²) in [6.45, 7) is 9.98. The number of hydrogen-bond donors (Lipinski definition) is 3. The molecule has 62 heavy (non-hydrogen) atoms. The molecule has 2 aromatic carbocycles. The Labute approximate surface area is 362 Å². The van der Waals surface area contributed by atoms with Crippen molar-refractivity contribution in [3.8, 4) is 11.1 Å². The van der Waals surface area contributed by atoms with Gasteiger partial charge < -0.3 is 25.4 Å². The number of nitrogens with one attached hydrogen (secondary N) is 2. The quantitative estimate of drug-likeness (QED) is 0.139. The summed E-state index contributed by atoms with van der Waals surface area (Å²) in [5, 5.41) is 6.51. The van der Waals surface area contributed by atoms with Gasteiger partial charge in [-0.2, -0.15) is 0 Å². The molecule has 3 amide bonds. The zero-order chi connectivity index (χ0) is 42.9. The largest absolute Gasteiger partial charge is 0.384 e. The topological polar surface area (TPSA) is 145 Å². The molecule has 324 valence electrons. The van der Waals surface area contributed by atoms with E-state index in [2.05, 4.69) is 67.1 Å². The third-order valence-corrected chi connectivity index (χ3v) is 13.9. The first-order chi connectivity index (χ1) is 30.1. The van der Waals surface area contributed by atoms with Crippen LogP contribution in [0.15, 0.2) is 79.1 Å². The number of piperidine rings is 3. The molecule has 0 radical (unpaired) electrons. The van der Waals surface area contributed by atoms with Crippen LogP contribution < -0.4 is 21.3 Å². The van der Waals surface area contributed by atoms with E-state index in [0.717, 1.165) is 112 Å². The number of anilines is 3. The molecule has 0 bridgehead atoms. The SMILES string of the molecule is C[C@@H](c1cc2c(-c3ccc(N)nc3)ccnc2n1C)N1CCC(c2ccc(C(=O)N3CCC(CN4CCN(c5ccc(N[C@H]6CCC(=O)NC6=O)cc5F)CC4)CC3)cc2)CC1. The number of amides is 3. The molecular weight excluding hydrogens is 784 g/mol. The second-order valence-corrected chi connectivity index (χ2v) is 17.6. The molecule has 4 saturated heterocycles. The van der Waals surface area contributed by atoms with Gasteiger partial charge in [-0.15, -0.1) is 0 Å². The van der Waals surface area contributed by atoms with Crippen LogP contribution in [0.25, 0.3) is 22.2 Å². The van der Waals surface area contributed by atoms with Gasteiger partial charge in [-0.1, -0.05) is 12.1 Å². The van der Waals surface area contributed by atoms with Crippen LogP contribution in [0.4, 0.5) is 21.6 Å². The maximum atomic E-state index is 15.2. The first kappa shape index (κ1) is 41.5. The highest BCUT2D eigenvalue weighted by molar-refractivity contribution is 6.01. The summed E-state index contributed by atoms with van der Waals surface area (Å²) in [5.74, 6) is 0.641. The Balaban J connectivity index is 0.716. The fraction of sp³-hybridized carbons (Fsp3) is 0.438. The van der Waals surface area contributed by atoms with E-state index in [9.17, 15) is 14.4 Å². The lowest BCUT2D eigenvalue weighted by molar-refractivity contribution is -0.133. The van der Waals surface area contributed by atoms with Crippen LogP contribution in [0, 0.1) is 11.7 Å². The third kappa shape index (κ3) is 8.76. The monoisotopic (exact) mass is 840 g/mol. The molecule has 0 unspecified atom stereocenters. The number of likely N-dealkylation sites (tertiary alicyclic amines) is 2. The molecule has 9 rings (SSSR count). The number of piperazine rings is 1. The highest BCUT2D eigenvalue weighted by Gasteiger charge is 2.30. The summed E-state index contributed by atoms with van der Waals surface area (Å²) in [5.41, 5.74) is 13.4. The number of aromatic nitrogens is 3. The van der Waals surface area contributed by atoms with Crippen molar-refractivity contribution in [1.82, 2.24) is 34.6 Å². The van der Waals surface area contributed by atoms with Crippen molar-refractivity contribution in [3.05, 3.63) is 102 Å². The van der Waals surface area contributed by atoms with Crippen LogP contribution in [0.2, 0.25) is 0 Å². The number of aryl methyl sites for hydroxylation is 1. The Morgan fingerprint density at radius 1 is 0.887 bits per heavy atom. The number of nitrogen functional groups attached to an aromatic ring is 1. The van der Waals surface area contributed by atoms with Gasteiger partial charge in [0, 0.05) is 106 Å². The minimum Gasteiger partial charge on any atom is -0.384 e. The summed E-state index contributed by atoms with van der Waals surface area (Å²) in [6.07, 6.45) is 8.45. The van der Waals surface area contributed by atoms with Crippen molar-refractivity contribution >= 4 is 45.9 Å². The minimum absolute atomic E-state index is 0.118. The average Bonchev–Trinajstić information content (AvgIpc) is 3.64. The lowest BCUT2D eigenvalue weighted by Gasteiger charge is -2.39. The van der Waals surface area contributed by atoms with Crippen molar-refractivity contribution in [3.63, 3.8) is 0 Å². The van der Waals surface area contributed by atoms with Crippen molar-refractivity contribution in [1.29, 1.82) is 0 Å². The predicted molar refractivity (Wildman–Crippen MR) is 240 cm³/mol. The fourth-order valence-electron chi connectivity index (χ4n) is 10.1. The molecule has 14 heteroatoms. The molecule has 7 heterocycles. The van der Waals surface area contributed by atoms with E-state index in [-0.39, 0.29) is 36.0 Å². The Kier molecular flexibility index (Phi) is 11.9. The molecule has 0 aliphatic carbocycles. The molecule has 0 saturated carbocycles. The number of pyridine rings is 2. The van der Waals surface area contributed by atoms with Crippen LogP contribution in [0.3, 0.4) is 0 Å². The molecule has 13 nitrogen and oxygen atoms in total. The Morgan fingerprint density at radius 2 is 1.65 bits per heavy atom. The van der Waals surface area contributed by atoms with E-state index in [4.69, 9.17) is 10.7 Å². The van der Waals surface area contributed by atoms with E-state index in [1.807, 2.05) is 47.6 Å². The van der Waals surface area contributed by atoms with Crippen LogP contribution in [0.1, 0.15) is 79.0 Å². The predicted octanol–water partition coefficient (Wildman–Crippen LogP) is 6.19. The van der Waals surface area contributed by atoms with Gasteiger partial charge in [-0.25, -0.2) is 14.4 Å². The second-order valence-electron chi connectivity index (χ2n) is 17.6. The first-order valence-corrected chi connectivity index (χ1v) is 22.2. The number of imide groups is 1. The van der Waals surface area contributed by atoms with E-state index in [0.29, 0.717) is 35.4 Å². The molecule has 3 aromatic heterocycles. The number of nitrogens with two attached hydrogens (primary N) is 1. The van der Waals surface area contributed by atoms with Gasteiger partial charge in [0.25, 0.3) is 5.91 Å². The Morgan fingerprint density at radius 3 is 2.34 bits per heavy atom. The fourth-order valence-corrected chi connectivity index (χ4v) is 10.1. The number of fused-ring (bicyclic) bond motifs is 1. The number of carbonyl (C=O) groups is 3. The summed E-state index contributed by atoms with van der Waals surface area (Å²) < 4.78 is 17.5. The summed E-state index contributed by atoms with van der Waals surface area (Å²) in [6, 6.07) is 21.3. The van der Waals surface area contributed by atoms with Gasteiger partial charge in [0.2, 0.25) is 11.8 Å². The van der Waals surface area contributed by atoms with Gasteiger partial charge >= 0.3 is 0 Å². The molecule has 4 aliphatic rings. The molecular formula is C48H57FN10O3. The highest BCUT2D eigenvalue weighted by Crippen LogP contribution is 2.36. The summed E-state index contributed by atoms with van der Waals surface area (Å²) >= 11 is 0. The van der Waals surface area contributed by atoms with Crippen molar-refractivity contribution in [2.24, 2.45) is 13.0 Å². The molecule has 4 aliphatic heterocycles. The van der Waals surface area contributed by atoms with E-state index in [1.165, 1.54) is 17.3 Å². The first-order valence-electron chi connectivity index (χ1n) is 22.2. The lowest BCUT2D eigenvalue weighted by Crippen LogP contribution is -2.49. The van der Waals surface area contributed by atoms with Crippen molar-refractivity contribution < 1.29 is 18.8 Å². The zero-order valence-electron chi connectivity index (χ0n) is 35.7. The van der Waals surface area contributed by atoms with Crippen molar-refractivity contribution in [2.45, 2.75) is 63.5 Å². The number of hydrogen-bond acceptors (Lipinski definition) is 10. The molecule has 0 spiro atoms. The van der Waals surface area contributed by atoms with Gasteiger partial charge in [0.15, 0.2) is 0 Å². The van der Waals surface area contributed by atoms with E-state index >= 15 is 4.39 Å². The van der Waals surface area contributed by atoms with E-state index < -0.39 is 6.04 Å². The van der Waals surface area contributed by atoms with Crippen LogP contribution in [-0.4, -0.2) is 112 Å². The van der Waals surface area contributed by atoms with Gasteiger partial charge in [0.1, 0.15) is 23.3 Å². The Bertz CT molecular complexity index is 2410. The number of carbonyl (C=O) groups excluding carboxylic acids is 3. The maximum Gasteiger partial charge on any atom is 0.253 e. The van der Waals surface area contributed by atoms with Crippen molar-refractivity contribution in [2.75, 3.05) is 74.9 Å².